The molecular weight excluding hydrogens is 497 g/mol. The predicted molar refractivity (Wildman–Crippen MR) is 153 cm³/mol. The van der Waals surface area contributed by atoms with Crippen LogP contribution in [0.2, 0.25) is 10.0 Å². The quantitative estimate of drug-likeness (QED) is 0.169. The summed E-state index contributed by atoms with van der Waals surface area (Å²) in [5.41, 5.74) is 0. The molecule has 2 aromatic carbocycles. The van der Waals surface area contributed by atoms with Gasteiger partial charge in [-0.15, -0.1) is 0 Å². The molecule has 2 aromatic rings. The van der Waals surface area contributed by atoms with Gasteiger partial charge in [0.1, 0.15) is 4.90 Å². The Morgan fingerprint density at radius 3 is 1.57 bits per heavy atom. The maximum Gasteiger partial charge on any atom is 0.242 e. The van der Waals surface area contributed by atoms with E-state index in [9.17, 15) is 8.42 Å². The third kappa shape index (κ3) is 11.4. The maximum atomic E-state index is 12.8. The van der Waals surface area contributed by atoms with Crippen molar-refractivity contribution in [2.75, 3.05) is 6.54 Å². The molecule has 0 aliphatic rings. The van der Waals surface area contributed by atoms with Crippen molar-refractivity contribution >= 4 is 44.0 Å². The van der Waals surface area contributed by atoms with Gasteiger partial charge in [-0.2, -0.15) is 0 Å². The van der Waals surface area contributed by atoms with Crippen molar-refractivity contribution in [3.8, 4) is 0 Å². The second-order valence-corrected chi connectivity index (χ2v) is 12.3. The second kappa shape index (κ2) is 17.6. The third-order valence-corrected chi connectivity index (χ3v) is 9.07. The van der Waals surface area contributed by atoms with E-state index in [4.69, 9.17) is 23.2 Å². The fourth-order valence-corrected chi connectivity index (χ4v) is 6.65. The molecule has 0 radical (unpaired) electrons. The van der Waals surface area contributed by atoms with Crippen molar-refractivity contribution < 1.29 is 8.42 Å². The molecule has 0 saturated heterocycles. The summed E-state index contributed by atoms with van der Waals surface area (Å²) in [5, 5.41) is 2.02. The third-order valence-electron chi connectivity index (χ3n) is 6.76. The number of sulfonamides is 1. The van der Waals surface area contributed by atoms with E-state index < -0.39 is 10.0 Å². The molecule has 0 aliphatic heterocycles. The minimum absolute atomic E-state index is 0.0508. The molecule has 0 spiro atoms. The highest BCUT2D eigenvalue weighted by Gasteiger charge is 2.20. The lowest BCUT2D eigenvalue weighted by Gasteiger charge is -2.11. The predicted octanol–water partition coefficient (Wildman–Crippen LogP) is 10.1. The van der Waals surface area contributed by atoms with Crippen LogP contribution < -0.4 is 4.72 Å². The summed E-state index contributed by atoms with van der Waals surface area (Å²) in [6, 6.07) is 8.76. The number of hydrogen-bond acceptors (Lipinski definition) is 2. The van der Waals surface area contributed by atoms with Crippen LogP contribution in [-0.4, -0.2) is 15.0 Å². The summed E-state index contributed by atoms with van der Waals surface area (Å²) in [6.45, 7) is 2.69. The van der Waals surface area contributed by atoms with E-state index >= 15 is 0 Å². The summed E-state index contributed by atoms with van der Waals surface area (Å²) in [5.74, 6) is 0. The number of nitrogens with one attached hydrogen (secondary N) is 1. The Kier molecular flexibility index (Phi) is 15.3. The molecule has 0 atom stereocenters. The first-order valence-corrected chi connectivity index (χ1v) is 16.1. The number of hydrogen-bond donors (Lipinski definition) is 1. The maximum absolute atomic E-state index is 12.8. The van der Waals surface area contributed by atoms with Gasteiger partial charge in [0, 0.05) is 22.3 Å². The largest absolute Gasteiger partial charge is 0.242 e. The lowest BCUT2D eigenvalue weighted by atomic mass is 10.0. The Labute approximate surface area is 224 Å². The van der Waals surface area contributed by atoms with E-state index in [-0.39, 0.29) is 9.92 Å². The van der Waals surface area contributed by atoms with Crippen LogP contribution in [0.4, 0.5) is 0 Å². The van der Waals surface area contributed by atoms with Crippen molar-refractivity contribution in [2.24, 2.45) is 0 Å². The highest BCUT2D eigenvalue weighted by atomic mass is 35.5. The topological polar surface area (TPSA) is 46.2 Å². The lowest BCUT2D eigenvalue weighted by molar-refractivity contribution is 0.526. The molecule has 0 fully saturated rings. The van der Waals surface area contributed by atoms with Crippen LogP contribution in [0.25, 0.3) is 10.8 Å². The Hall–Kier alpha value is -0.810. The van der Waals surface area contributed by atoms with Crippen LogP contribution in [0, 0.1) is 0 Å². The van der Waals surface area contributed by atoms with Crippen molar-refractivity contribution in [2.45, 2.75) is 121 Å². The van der Waals surface area contributed by atoms with E-state index in [1.54, 1.807) is 6.07 Å². The Bertz CT molecular complexity index is 963. The fraction of sp³-hybridized carbons (Fsp3) is 0.655. The molecule has 1 N–H and O–H groups in total. The summed E-state index contributed by atoms with van der Waals surface area (Å²) in [4.78, 5) is 0.0508. The van der Waals surface area contributed by atoms with Crippen molar-refractivity contribution in [1.29, 1.82) is 0 Å². The van der Waals surface area contributed by atoms with Gasteiger partial charge >= 0.3 is 0 Å². The molecule has 3 nitrogen and oxygen atoms in total. The van der Waals surface area contributed by atoms with Gasteiger partial charge in [-0.25, -0.2) is 13.1 Å². The monoisotopic (exact) mass is 541 g/mol. The van der Waals surface area contributed by atoms with Gasteiger partial charge in [0.25, 0.3) is 0 Å². The first-order chi connectivity index (χ1) is 17.0. The molecule has 198 valence electrons. The van der Waals surface area contributed by atoms with Crippen LogP contribution in [0.3, 0.4) is 0 Å². The summed E-state index contributed by atoms with van der Waals surface area (Å²) in [7, 11) is -3.69. The van der Waals surface area contributed by atoms with Gasteiger partial charge in [-0.05, 0) is 12.5 Å². The molecule has 0 heterocycles. The number of halogens is 2. The fourth-order valence-electron chi connectivity index (χ4n) is 4.60. The van der Waals surface area contributed by atoms with Crippen molar-refractivity contribution in [3.63, 3.8) is 0 Å². The number of fused-ring (bicyclic) bond motifs is 1. The molecule has 2 rings (SSSR count). The van der Waals surface area contributed by atoms with Crippen LogP contribution in [0.15, 0.2) is 35.2 Å². The number of rotatable bonds is 20. The standard InChI is InChI=1S/C29H45Cl2NO2S/c1-2-3-4-5-6-7-8-9-10-11-12-13-14-15-16-17-20-23-32-35(33,34)28-24-27(30)25-21-18-19-22-26(25)29(28)31/h18-19,21-22,24,32H,2-17,20,23H2,1H3. The zero-order valence-electron chi connectivity index (χ0n) is 21.6. The van der Waals surface area contributed by atoms with E-state index in [2.05, 4.69) is 11.6 Å². The Balaban J connectivity index is 1.49. The number of benzene rings is 2. The van der Waals surface area contributed by atoms with Gasteiger partial charge in [0.15, 0.2) is 0 Å². The van der Waals surface area contributed by atoms with Crippen LogP contribution >= 0.6 is 23.2 Å². The highest BCUT2D eigenvalue weighted by Crippen LogP contribution is 2.35. The van der Waals surface area contributed by atoms with Gasteiger partial charge in [-0.3, -0.25) is 0 Å². The molecule has 0 aliphatic carbocycles. The molecule has 0 unspecified atom stereocenters. The average molecular weight is 543 g/mol. The van der Waals surface area contributed by atoms with Gasteiger partial charge in [0.2, 0.25) is 10.0 Å². The highest BCUT2D eigenvalue weighted by molar-refractivity contribution is 7.89. The number of unbranched alkanes of at least 4 members (excludes halogenated alkanes) is 16. The second-order valence-electron chi connectivity index (χ2n) is 9.77. The average Bonchev–Trinajstić information content (AvgIpc) is 2.85. The van der Waals surface area contributed by atoms with Crippen molar-refractivity contribution in [1.82, 2.24) is 4.72 Å². The Morgan fingerprint density at radius 1 is 0.657 bits per heavy atom. The zero-order valence-corrected chi connectivity index (χ0v) is 23.9. The molecule has 0 bridgehead atoms. The molecule has 0 amide bonds. The Morgan fingerprint density at radius 2 is 1.09 bits per heavy atom. The molecule has 35 heavy (non-hydrogen) atoms. The van der Waals surface area contributed by atoms with Crippen LogP contribution in [-0.2, 0) is 10.0 Å². The van der Waals surface area contributed by atoms with Gasteiger partial charge in [0.05, 0.1) is 5.02 Å². The smallest absolute Gasteiger partial charge is 0.211 e. The van der Waals surface area contributed by atoms with E-state index in [1.165, 1.54) is 96.0 Å². The molecular formula is C29H45Cl2NO2S. The SMILES string of the molecule is CCCCCCCCCCCCCCCCCCCNS(=O)(=O)c1cc(Cl)c2ccccc2c1Cl. The zero-order chi connectivity index (χ0) is 25.4. The van der Waals surface area contributed by atoms with E-state index in [0.717, 1.165) is 24.6 Å². The molecule has 6 heteroatoms. The van der Waals surface area contributed by atoms with Crippen molar-refractivity contribution in [3.05, 3.63) is 40.4 Å². The van der Waals surface area contributed by atoms with E-state index in [0.29, 0.717) is 17.0 Å². The van der Waals surface area contributed by atoms with E-state index in [1.807, 2.05) is 18.2 Å². The first-order valence-electron chi connectivity index (χ1n) is 13.8. The van der Waals surface area contributed by atoms with Crippen LogP contribution in [0.5, 0.6) is 0 Å². The molecule has 0 saturated carbocycles. The minimum atomic E-state index is -3.69. The normalized spacial score (nSPS) is 12.0. The lowest BCUT2D eigenvalue weighted by Crippen LogP contribution is -2.25. The summed E-state index contributed by atoms with van der Waals surface area (Å²) < 4.78 is 28.2. The minimum Gasteiger partial charge on any atom is -0.211 e. The first kappa shape index (κ1) is 30.4. The van der Waals surface area contributed by atoms with Gasteiger partial charge < -0.3 is 0 Å². The van der Waals surface area contributed by atoms with Crippen LogP contribution in [0.1, 0.15) is 116 Å². The summed E-state index contributed by atoms with van der Waals surface area (Å²) >= 11 is 12.7. The summed E-state index contributed by atoms with van der Waals surface area (Å²) in [6.07, 6.45) is 22.2. The van der Waals surface area contributed by atoms with Gasteiger partial charge in [-0.1, -0.05) is 157 Å². The molecule has 0 aromatic heterocycles.